The summed E-state index contributed by atoms with van der Waals surface area (Å²) in [5, 5.41) is 3.40. The number of nitrogens with one attached hydrogen (secondary N) is 2. The summed E-state index contributed by atoms with van der Waals surface area (Å²) in [5.74, 6) is -0.212. The maximum absolute atomic E-state index is 12.2. The molecule has 3 heterocycles. The predicted octanol–water partition coefficient (Wildman–Crippen LogP) is 1.37. The number of carbonyl (C=O) groups excluding carboxylic acids is 2. The third kappa shape index (κ3) is 2.50. The number of nitrogens with zero attached hydrogens (tertiary/aromatic N) is 3. The van der Waals surface area contributed by atoms with Gasteiger partial charge in [0.05, 0.1) is 16.9 Å². The van der Waals surface area contributed by atoms with E-state index in [1.807, 2.05) is 18.3 Å². The number of benzene rings is 1. The van der Waals surface area contributed by atoms with Crippen LogP contribution >= 0.6 is 0 Å². The second-order valence-electron chi connectivity index (χ2n) is 6.42. The van der Waals surface area contributed by atoms with Crippen LogP contribution in [0.15, 0.2) is 24.4 Å². The molecule has 0 spiro atoms. The monoisotopic (exact) mass is 327 g/mol. The highest BCUT2D eigenvalue weighted by molar-refractivity contribution is 6.11. The van der Waals surface area contributed by atoms with E-state index in [0.717, 1.165) is 42.8 Å². The molecule has 2 aliphatic heterocycles. The van der Waals surface area contributed by atoms with Crippen molar-refractivity contribution in [2.45, 2.75) is 6.42 Å². The molecule has 4 rings (SSSR count). The highest BCUT2D eigenvalue weighted by atomic mass is 16.2. The van der Waals surface area contributed by atoms with Gasteiger partial charge in [-0.3, -0.25) is 15.0 Å². The molecule has 2 aromatic rings. The van der Waals surface area contributed by atoms with Gasteiger partial charge in [0.25, 0.3) is 0 Å². The molecular weight excluding hydrogens is 306 g/mol. The minimum absolute atomic E-state index is 0.212. The SMILES string of the molecule is CN1CCN(c2ccc(N3CCC(=O)NC3=O)c3cc[nH]c23)CC1. The fraction of sp³-hybridized carbons (Fsp3) is 0.412. The Hall–Kier alpha value is -2.54. The van der Waals surface area contributed by atoms with Crippen molar-refractivity contribution in [3.05, 3.63) is 24.4 Å². The summed E-state index contributed by atoms with van der Waals surface area (Å²) in [4.78, 5) is 33.2. The van der Waals surface area contributed by atoms with E-state index in [0.29, 0.717) is 13.0 Å². The Labute approximate surface area is 140 Å². The molecule has 3 amide bonds. The van der Waals surface area contributed by atoms with Gasteiger partial charge in [-0.05, 0) is 25.2 Å². The van der Waals surface area contributed by atoms with E-state index in [1.54, 1.807) is 4.90 Å². The largest absolute Gasteiger partial charge is 0.367 e. The van der Waals surface area contributed by atoms with Crippen molar-refractivity contribution in [3.63, 3.8) is 0 Å². The number of rotatable bonds is 2. The Morgan fingerprint density at radius 2 is 1.71 bits per heavy atom. The van der Waals surface area contributed by atoms with Crippen LogP contribution in [-0.2, 0) is 4.79 Å². The maximum atomic E-state index is 12.2. The van der Waals surface area contributed by atoms with Crippen molar-refractivity contribution in [3.8, 4) is 0 Å². The normalized spacial score (nSPS) is 19.9. The van der Waals surface area contributed by atoms with Crippen molar-refractivity contribution in [2.75, 3.05) is 49.6 Å². The van der Waals surface area contributed by atoms with E-state index in [-0.39, 0.29) is 11.9 Å². The van der Waals surface area contributed by atoms with Gasteiger partial charge in [-0.1, -0.05) is 0 Å². The summed E-state index contributed by atoms with van der Waals surface area (Å²) < 4.78 is 0. The van der Waals surface area contributed by atoms with Gasteiger partial charge in [0.1, 0.15) is 0 Å². The van der Waals surface area contributed by atoms with Gasteiger partial charge < -0.3 is 14.8 Å². The number of aromatic nitrogens is 1. The number of urea groups is 1. The molecule has 7 nitrogen and oxygen atoms in total. The Balaban J connectivity index is 1.70. The first-order valence-corrected chi connectivity index (χ1v) is 8.28. The van der Waals surface area contributed by atoms with Gasteiger partial charge in [-0.25, -0.2) is 4.79 Å². The third-order valence-electron chi connectivity index (χ3n) is 4.87. The average Bonchev–Trinajstić information content (AvgIpc) is 3.05. The second-order valence-corrected chi connectivity index (χ2v) is 6.42. The van der Waals surface area contributed by atoms with Crippen molar-refractivity contribution in [1.82, 2.24) is 15.2 Å². The minimum Gasteiger partial charge on any atom is -0.367 e. The summed E-state index contributed by atoms with van der Waals surface area (Å²) in [7, 11) is 2.14. The number of hydrogen-bond acceptors (Lipinski definition) is 4. The lowest BCUT2D eigenvalue weighted by Gasteiger charge is -2.35. The Morgan fingerprint density at radius 3 is 2.46 bits per heavy atom. The molecule has 2 fully saturated rings. The van der Waals surface area contributed by atoms with Crippen LogP contribution < -0.4 is 15.1 Å². The highest BCUT2D eigenvalue weighted by Gasteiger charge is 2.27. The molecule has 0 atom stereocenters. The first kappa shape index (κ1) is 15.0. The number of fused-ring (bicyclic) bond motifs is 1. The molecule has 1 aromatic heterocycles. The van der Waals surface area contributed by atoms with Gasteiger partial charge in [0.2, 0.25) is 5.91 Å². The lowest BCUT2D eigenvalue weighted by molar-refractivity contribution is -0.120. The molecule has 0 aliphatic carbocycles. The Morgan fingerprint density at radius 1 is 0.958 bits per heavy atom. The van der Waals surface area contributed by atoms with Crippen molar-refractivity contribution in [1.29, 1.82) is 0 Å². The quantitative estimate of drug-likeness (QED) is 0.874. The van der Waals surface area contributed by atoms with E-state index in [2.05, 4.69) is 33.2 Å². The van der Waals surface area contributed by atoms with Gasteiger partial charge in [0, 0.05) is 50.7 Å². The molecule has 2 N–H and O–H groups in total. The van der Waals surface area contributed by atoms with E-state index < -0.39 is 0 Å². The maximum Gasteiger partial charge on any atom is 0.328 e. The van der Waals surface area contributed by atoms with Crippen LogP contribution in [0.25, 0.3) is 10.9 Å². The zero-order chi connectivity index (χ0) is 16.7. The number of aromatic amines is 1. The Bertz CT molecular complexity index is 791. The molecule has 0 bridgehead atoms. The average molecular weight is 327 g/mol. The van der Waals surface area contributed by atoms with E-state index in [1.165, 1.54) is 5.69 Å². The van der Waals surface area contributed by atoms with Gasteiger partial charge in [-0.2, -0.15) is 0 Å². The molecule has 1 aromatic carbocycles. The highest BCUT2D eigenvalue weighted by Crippen LogP contribution is 2.34. The zero-order valence-corrected chi connectivity index (χ0v) is 13.7. The number of likely N-dealkylation sites (N-methyl/N-ethyl adjacent to an activating group) is 1. The summed E-state index contributed by atoms with van der Waals surface area (Å²) in [6.07, 6.45) is 2.23. The fourth-order valence-corrected chi connectivity index (χ4v) is 3.47. The smallest absolute Gasteiger partial charge is 0.328 e. The molecule has 2 aliphatic rings. The van der Waals surface area contributed by atoms with Crippen LogP contribution in [0, 0.1) is 0 Å². The van der Waals surface area contributed by atoms with Crippen LogP contribution in [-0.4, -0.2) is 61.6 Å². The predicted molar refractivity (Wildman–Crippen MR) is 93.5 cm³/mol. The topological polar surface area (TPSA) is 71.7 Å². The summed E-state index contributed by atoms with van der Waals surface area (Å²) in [6.45, 7) is 4.48. The first-order chi connectivity index (χ1) is 11.6. The molecule has 0 unspecified atom stereocenters. The molecule has 24 heavy (non-hydrogen) atoms. The molecule has 2 saturated heterocycles. The standard InChI is InChI=1S/C17H21N5O2/c1-20-8-10-21(11-9-20)14-3-2-13(12-4-6-18-16(12)14)22-7-5-15(23)19-17(22)24/h2-4,6,18H,5,7-11H2,1H3,(H,19,23,24). The number of anilines is 2. The zero-order valence-electron chi connectivity index (χ0n) is 13.7. The van der Waals surface area contributed by atoms with Crippen molar-refractivity contribution >= 4 is 34.2 Å². The van der Waals surface area contributed by atoms with Crippen LogP contribution in [0.4, 0.5) is 16.2 Å². The van der Waals surface area contributed by atoms with Crippen LogP contribution in [0.3, 0.4) is 0 Å². The number of H-pyrrole nitrogens is 1. The third-order valence-corrected chi connectivity index (χ3v) is 4.87. The van der Waals surface area contributed by atoms with Crippen molar-refractivity contribution < 1.29 is 9.59 Å². The van der Waals surface area contributed by atoms with Gasteiger partial charge in [0.15, 0.2) is 0 Å². The molecular formula is C17H21N5O2. The number of hydrogen-bond donors (Lipinski definition) is 2. The minimum atomic E-state index is -0.346. The summed E-state index contributed by atoms with van der Waals surface area (Å²) >= 11 is 0. The molecule has 0 saturated carbocycles. The van der Waals surface area contributed by atoms with E-state index >= 15 is 0 Å². The molecule has 0 radical (unpaired) electrons. The molecule has 126 valence electrons. The van der Waals surface area contributed by atoms with Gasteiger partial charge in [-0.15, -0.1) is 0 Å². The number of carbonyl (C=O) groups is 2. The fourth-order valence-electron chi connectivity index (χ4n) is 3.47. The second kappa shape index (κ2) is 5.83. The number of amides is 3. The van der Waals surface area contributed by atoms with Crippen LogP contribution in [0.2, 0.25) is 0 Å². The van der Waals surface area contributed by atoms with Crippen LogP contribution in [0.5, 0.6) is 0 Å². The lowest BCUT2D eigenvalue weighted by atomic mass is 10.1. The van der Waals surface area contributed by atoms with E-state index in [4.69, 9.17) is 0 Å². The summed E-state index contributed by atoms with van der Waals surface area (Å²) in [6, 6.07) is 5.71. The number of piperazine rings is 1. The van der Waals surface area contributed by atoms with Gasteiger partial charge >= 0.3 is 6.03 Å². The molecule has 7 heteroatoms. The first-order valence-electron chi connectivity index (χ1n) is 8.28. The van der Waals surface area contributed by atoms with E-state index in [9.17, 15) is 9.59 Å². The number of imide groups is 1. The summed E-state index contributed by atoms with van der Waals surface area (Å²) in [5.41, 5.74) is 3.05. The Kier molecular flexibility index (Phi) is 3.65. The lowest BCUT2D eigenvalue weighted by Crippen LogP contribution is -2.49. The van der Waals surface area contributed by atoms with Crippen LogP contribution in [0.1, 0.15) is 6.42 Å². The van der Waals surface area contributed by atoms with Crippen molar-refractivity contribution in [2.24, 2.45) is 0 Å².